The molecular weight excluding hydrogens is 411 g/mol. The number of rotatable bonds is 8. The fourth-order valence-corrected chi connectivity index (χ4v) is 2.58. The molecule has 0 aromatic heterocycles. The average Bonchev–Trinajstić information content (AvgIpc) is 2.66. The van der Waals surface area contributed by atoms with Gasteiger partial charge in [0.2, 0.25) is 5.91 Å². The summed E-state index contributed by atoms with van der Waals surface area (Å²) in [5.41, 5.74) is 0.673. The van der Waals surface area contributed by atoms with E-state index in [2.05, 4.69) is 10.6 Å². The molecule has 0 saturated heterocycles. The largest absolute Gasteiger partial charge is 0.495 e. The third-order valence-electron chi connectivity index (χ3n) is 3.72. The zero-order valence-electron chi connectivity index (χ0n) is 15.4. The lowest BCUT2D eigenvalue weighted by molar-refractivity contribution is -0.123. The summed E-state index contributed by atoms with van der Waals surface area (Å²) in [7, 11) is 1.50. The molecule has 0 saturated carbocycles. The van der Waals surface area contributed by atoms with Crippen LogP contribution in [0.4, 0.5) is 24.5 Å². The lowest BCUT2D eigenvalue weighted by Crippen LogP contribution is -2.34. The summed E-state index contributed by atoms with van der Waals surface area (Å²) in [4.78, 5) is 24.2. The Labute approximate surface area is 170 Å². The second-order valence-corrected chi connectivity index (χ2v) is 6.35. The van der Waals surface area contributed by atoms with Crippen LogP contribution in [-0.2, 0) is 4.79 Å². The van der Waals surface area contributed by atoms with Crippen molar-refractivity contribution in [2.24, 2.45) is 0 Å². The number of ether oxygens (including phenoxy) is 1. The lowest BCUT2D eigenvalue weighted by Gasteiger charge is -2.13. The number of methoxy groups -OCH3 is 1. The van der Waals surface area contributed by atoms with Crippen LogP contribution in [0.25, 0.3) is 0 Å². The molecule has 0 aliphatic heterocycles. The average molecular weight is 430 g/mol. The Bertz CT molecular complexity index is 875. The van der Waals surface area contributed by atoms with Gasteiger partial charge in [0, 0.05) is 18.0 Å². The maximum absolute atomic E-state index is 12.3. The molecule has 29 heavy (non-hydrogen) atoms. The summed E-state index contributed by atoms with van der Waals surface area (Å²) in [6.45, 7) is -1.22. The van der Waals surface area contributed by atoms with Crippen molar-refractivity contribution in [2.45, 2.75) is 12.6 Å². The molecule has 2 aromatic carbocycles. The monoisotopic (exact) mass is 429 g/mol. The van der Waals surface area contributed by atoms with E-state index in [4.69, 9.17) is 16.3 Å². The first-order valence-electron chi connectivity index (χ1n) is 8.51. The van der Waals surface area contributed by atoms with Crippen molar-refractivity contribution < 1.29 is 27.5 Å². The van der Waals surface area contributed by atoms with Crippen LogP contribution < -0.4 is 20.7 Å². The number of anilines is 2. The number of halogens is 4. The van der Waals surface area contributed by atoms with Crippen molar-refractivity contribution >= 4 is 34.8 Å². The van der Waals surface area contributed by atoms with Gasteiger partial charge >= 0.3 is 6.18 Å². The van der Waals surface area contributed by atoms with Crippen LogP contribution in [0.5, 0.6) is 5.75 Å². The number of alkyl halides is 3. The number of amides is 2. The maximum Gasteiger partial charge on any atom is 0.405 e. The normalized spacial score (nSPS) is 10.9. The van der Waals surface area contributed by atoms with Crippen LogP contribution in [-0.4, -0.2) is 38.2 Å². The van der Waals surface area contributed by atoms with Gasteiger partial charge in [0.25, 0.3) is 5.91 Å². The van der Waals surface area contributed by atoms with Crippen molar-refractivity contribution in [3.63, 3.8) is 0 Å². The standard InChI is InChI=1S/C19H19ClF3N3O3/c1-29-16-7-6-12(20)10-15(16)24-9-8-17(27)26-14-5-3-2-4-13(14)18(28)25-11-19(21,22)23/h2-7,10,24H,8-9,11H2,1H3,(H,25,28)(H,26,27). The fourth-order valence-electron chi connectivity index (χ4n) is 2.41. The minimum absolute atomic E-state index is 0.0359. The van der Waals surface area contributed by atoms with E-state index in [-0.39, 0.29) is 24.2 Å². The van der Waals surface area contributed by atoms with Gasteiger partial charge in [-0.05, 0) is 30.3 Å². The van der Waals surface area contributed by atoms with Gasteiger partial charge < -0.3 is 20.7 Å². The highest BCUT2D eigenvalue weighted by Crippen LogP contribution is 2.27. The van der Waals surface area contributed by atoms with E-state index in [1.807, 2.05) is 0 Å². The van der Waals surface area contributed by atoms with Gasteiger partial charge in [-0.2, -0.15) is 13.2 Å². The molecule has 0 heterocycles. The lowest BCUT2D eigenvalue weighted by atomic mass is 10.1. The Hall–Kier alpha value is -2.94. The molecule has 3 N–H and O–H groups in total. The molecule has 0 aliphatic rings. The SMILES string of the molecule is COc1ccc(Cl)cc1NCCC(=O)Nc1ccccc1C(=O)NCC(F)(F)F. The molecule has 10 heteroatoms. The van der Waals surface area contributed by atoms with Crippen molar-refractivity contribution in [1.82, 2.24) is 5.32 Å². The number of nitrogens with one attached hydrogen (secondary N) is 3. The van der Waals surface area contributed by atoms with Gasteiger partial charge in [-0.25, -0.2) is 0 Å². The zero-order valence-corrected chi connectivity index (χ0v) is 16.2. The van der Waals surface area contributed by atoms with Crippen LogP contribution in [0, 0.1) is 0 Å². The molecule has 2 rings (SSSR count). The highest BCUT2D eigenvalue weighted by atomic mass is 35.5. The maximum atomic E-state index is 12.3. The van der Waals surface area contributed by atoms with Crippen molar-refractivity contribution in [3.8, 4) is 5.75 Å². The molecule has 0 spiro atoms. The van der Waals surface area contributed by atoms with E-state index in [0.29, 0.717) is 16.5 Å². The van der Waals surface area contributed by atoms with Crippen LogP contribution in [0.3, 0.4) is 0 Å². The molecule has 2 amide bonds. The molecule has 0 bridgehead atoms. The summed E-state index contributed by atoms with van der Waals surface area (Å²) < 4.78 is 42.1. The van der Waals surface area contributed by atoms with E-state index in [9.17, 15) is 22.8 Å². The minimum Gasteiger partial charge on any atom is -0.495 e. The zero-order chi connectivity index (χ0) is 21.4. The Morgan fingerprint density at radius 2 is 1.83 bits per heavy atom. The van der Waals surface area contributed by atoms with Crippen molar-refractivity contribution in [3.05, 3.63) is 53.1 Å². The summed E-state index contributed by atoms with van der Waals surface area (Å²) >= 11 is 5.94. The molecule has 2 aromatic rings. The van der Waals surface area contributed by atoms with Gasteiger partial charge in [0.15, 0.2) is 0 Å². The second-order valence-electron chi connectivity index (χ2n) is 5.91. The smallest absolute Gasteiger partial charge is 0.405 e. The highest BCUT2D eigenvalue weighted by Gasteiger charge is 2.28. The Kier molecular flexibility index (Phi) is 7.72. The van der Waals surface area contributed by atoms with E-state index < -0.39 is 24.5 Å². The fraction of sp³-hybridized carbons (Fsp3) is 0.263. The van der Waals surface area contributed by atoms with Crippen molar-refractivity contribution in [1.29, 1.82) is 0 Å². The van der Waals surface area contributed by atoms with E-state index in [0.717, 1.165) is 0 Å². The number of benzene rings is 2. The molecule has 0 aliphatic carbocycles. The van der Waals surface area contributed by atoms with Crippen molar-refractivity contribution in [2.75, 3.05) is 30.8 Å². The molecular formula is C19H19ClF3N3O3. The Morgan fingerprint density at radius 1 is 1.10 bits per heavy atom. The number of para-hydroxylation sites is 1. The van der Waals surface area contributed by atoms with E-state index in [1.165, 1.54) is 25.3 Å². The third kappa shape index (κ3) is 7.19. The molecule has 0 fully saturated rings. The summed E-state index contributed by atoms with van der Waals surface area (Å²) in [5.74, 6) is -0.795. The van der Waals surface area contributed by atoms with E-state index >= 15 is 0 Å². The predicted molar refractivity (Wildman–Crippen MR) is 105 cm³/mol. The van der Waals surface area contributed by atoms with Crippen LogP contribution in [0.1, 0.15) is 16.8 Å². The Balaban J connectivity index is 1.94. The van der Waals surface area contributed by atoms with Crippen LogP contribution in [0.15, 0.2) is 42.5 Å². The van der Waals surface area contributed by atoms with Gasteiger partial charge in [-0.1, -0.05) is 23.7 Å². The highest BCUT2D eigenvalue weighted by molar-refractivity contribution is 6.30. The number of hydrogen-bond acceptors (Lipinski definition) is 4. The van der Waals surface area contributed by atoms with Crippen LogP contribution in [0.2, 0.25) is 5.02 Å². The first-order valence-corrected chi connectivity index (χ1v) is 8.88. The van der Waals surface area contributed by atoms with Crippen LogP contribution >= 0.6 is 11.6 Å². The summed E-state index contributed by atoms with van der Waals surface area (Å²) in [6.07, 6.45) is -4.49. The number of carbonyl (C=O) groups excluding carboxylic acids is 2. The molecule has 6 nitrogen and oxygen atoms in total. The minimum atomic E-state index is -4.53. The number of carbonyl (C=O) groups is 2. The molecule has 156 valence electrons. The summed E-state index contributed by atoms with van der Waals surface area (Å²) in [6, 6.07) is 10.8. The topological polar surface area (TPSA) is 79.5 Å². The third-order valence-corrected chi connectivity index (χ3v) is 3.96. The first-order chi connectivity index (χ1) is 13.7. The number of hydrogen-bond donors (Lipinski definition) is 3. The molecule has 0 atom stereocenters. The quantitative estimate of drug-likeness (QED) is 0.590. The first kappa shape index (κ1) is 22.4. The second kappa shape index (κ2) is 10.0. The Morgan fingerprint density at radius 3 is 2.52 bits per heavy atom. The van der Waals surface area contributed by atoms with Gasteiger partial charge in [0.1, 0.15) is 12.3 Å². The predicted octanol–water partition coefficient (Wildman–Crippen LogP) is 4.08. The van der Waals surface area contributed by atoms with Gasteiger partial charge in [-0.3, -0.25) is 9.59 Å². The molecule has 0 unspecified atom stereocenters. The van der Waals surface area contributed by atoms with Gasteiger partial charge in [0.05, 0.1) is 24.0 Å². The van der Waals surface area contributed by atoms with Gasteiger partial charge in [-0.15, -0.1) is 0 Å². The summed E-state index contributed by atoms with van der Waals surface area (Å²) in [5, 5.41) is 7.84. The van der Waals surface area contributed by atoms with E-state index in [1.54, 1.807) is 29.6 Å². The molecule has 0 radical (unpaired) electrons.